The Hall–Kier alpha value is -1.64. The minimum absolute atomic E-state index is 0.122. The van der Waals surface area contributed by atoms with Crippen LogP contribution in [0.5, 0.6) is 5.75 Å². The average molecular weight is 410 g/mol. The van der Waals surface area contributed by atoms with E-state index in [1.165, 1.54) is 10.4 Å². The molecule has 1 amide bonds. The van der Waals surface area contributed by atoms with Crippen molar-refractivity contribution in [3.05, 3.63) is 18.2 Å². The first-order chi connectivity index (χ1) is 13.4. The van der Waals surface area contributed by atoms with Crippen molar-refractivity contribution in [1.29, 1.82) is 0 Å². The number of piperidine rings is 1. The molecule has 2 aliphatic heterocycles. The largest absolute Gasteiger partial charge is 0.492 e. The predicted octanol–water partition coefficient (Wildman–Crippen LogP) is 2.54. The van der Waals surface area contributed by atoms with Gasteiger partial charge in [-0.25, -0.2) is 8.42 Å². The van der Waals surface area contributed by atoms with E-state index in [0.717, 1.165) is 38.8 Å². The first-order valence-corrected chi connectivity index (χ1v) is 11.6. The predicted molar refractivity (Wildman–Crippen MR) is 109 cm³/mol. The molecule has 1 N–H and O–H groups in total. The van der Waals surface area contributed by atoms with Gasteiger partial charge in [-0.05, 0) is 69.8 Å². The molecule has 7 nitrogen and oxygen atoms in total. The molecule has 0 atom stereocenters. The van der Waals surface area contributed by atoms with Gasteiger partial charge in [0, 0.05) is 18.8 Å². The average Bonchev–Trinajstić information content (AvgIpc) is 3.20. The van der Waals surface area contributed by atoms with Gasteiger partial charge in [0.15, 0.2) is 0 Å². The van der Waals surface area contributed by atoms with E-state index in [9.17, 15) is 13.2 Å². The number of likely N-dealkylation sites (tertiary alicyclic amines) is 1. The standard InChI is InChI=1S/C20H31N3O4S/c1-3-27-18-7-6-17(14-19(18)28(25,26)23-10-4-5-11-23)21-20(24)15-22-12-8-16(2)9-13-22/h6-7,14,16H,3-5,8-13,15H2,1-2H3,(H,21,24). The van der Waals surface area contributed by atoms with Gasteiger partial charge < -0.3 is 10.1 Å². The maximum absolute atomic E-state index is 13.0. The lowest BCUT2D eigenvalue weighted by Crippen LogP contribution is -2.38. The van der Waals surface area contributed by atoms with Gasteiger partial charge in [0.1, 0.15) is 10.6 Å². The third kappa shape index (κ3) is 5.04. The quantitative estimate of drug-likeness (QED) is 0.749. The summed E-state index contributed by atoms with van der Waals surface area (Å²) in [5, 5.41) is 2.85. The molecular weight excluding hydrogens is 378 g/mol. The molecule has 0 aliphatic carbocycles. The van der Waals surface area contributed by atoms with Gasteiger partial charge in [-0.2, -0.15) is 4.31 Å². The van der Waals surface area contributed by atoms with Gasteiger partial charge in [0.2, 0.25) is 15.9 Å². The number of anilines is 1. The van der Waals surface area contributed by atoms with E-state index in [4.69, 9.17) is 4.74 Å². The zero-order valence-corrected chi connectivity index (χ0v) is 17.6. The zero-order chi connectivity index (χ0) is 20.1. The number of nitrogens with zero attached hydrogens (tertiary/aromatic N) is 2. The Morgan fingerprint density at radius 3 is 2.50 bits per heavy atom. The van der Waals surface area contributed by atoms with E-state index in [-0.39, 0.29) is 10.8 Å². The van der Waals surface area contributed by atoms with Crippen molar-refractivity contribution in [1.82, 2.24) is 9.21 Å². The lowest BCUT2D eigenvalue weighted by Gasteiger charge is -2.29. The van der Waals surface area contributed by atoms with Gasteiger partial charge >= 0.3 is 0 Å². The Labute approximate surface area is 168 Å². The molecule has 1 aromatic carbocycles. The molecule has 0 spiro atoms. The minimum Gasteiger partial charge on any atom is -0.492 e. The fraction of sp³-hybridized carbons (Fsp3) is 0.650. The molecule has 2 fully saturated rings. The molecule has 0 bridgehead atoms. The molecule has 3 rings (SSSR count). The molecule has 2 aliphatic rings. The number of carbonyl (C=O) groups is 1. The van der Waals surface area contributed by atoms with Crippen molar-refractivity contribution < 1.29 is 17.9 Å². The van der Waals surface area contributed by atoms with Crippen LogP contribution < -0.4 is 10.1 Å². The van der Waals surface area contributed by atoms with E-state index in [1.54, 1.807) is 12.1 Å². The maximum Gasteiger partial charge on any atom is 0.246 e. The van der Waals surface area contributed by atoms with Crippen LogP contribution in [0.25, 0.3) is 0 Å². The summed E-state index contributed by atoms with van der Waals surface area (Å²) in [7, 11) is -3.64. The van der Waals surface area contributed by atoms with Gasteiger partial charge in [-0.3, -0.25) is 9.69 Å². The van der Waals surface area contributed by atoms with E-state index in [2.05, 4.69) is 17.1 Å². The summed E-state index contributed by atoms with van der Waals surface area (Å²) in [4.78, 5) is 14.7. The van der Waals surface area contributed by atoms with Crippen LogP contribution in [-0.2, 0) is 14.8 Å². The smallest absolute Gasteiger partial charge is 0.246 e. The van der Waals surface area contributed by atoms with Gasteiger partial charge in [0.05, 0.1) is 13.2 Å². The first kappa shape index (κ1) is 21.1. The second kappa shape index (κ2) is 9.24. The Bertz CT molecular complexity index is 783. The number of sulfonamides is 1. The zero-order valence-electron chi connectivity index (χ0n) is 16.8. The van der Waals surface area contributed by atoms with Crippen LogP contribution in [0, 0.1) is 5.92 Å². The van der Waals surface area contributed by atoms with Gasteiger partial charge in [-0.1, -0.05) is 6.92 Å². The third-order valence-electron chi connectivity index (χ3n) is 5.45. The summed E-state index contributed by atoms with van der Waals surface area (Å²) in [5.74, 6) is 0.921. The second-order valence-corrected chi connectivity index (χ2v) is 9.62. The molecule has 0 unspecified atom stereocenters. The summed E-state index contributed by atoms with van der Waals surface area (Å²) in [5.41, 5.74) is 0.483. The fourth-order valence-electron chi connectivity index (χ4n) is 3.75. The normalized spacial score (nSPS) is 19.6. The van der Waals surface area contributed by atoms with Crippen LogP contribution in [0.4, 0.5) is 5.69 Å². The lowest BCUT2D eigenvalue weighted by molar-refractivity contribution is -0.117. The first-order valence-electron chi connectivity index (χ1n) is 10.2. The lowest BCUT2D eigenvalue weighted by atomic mass is 9.99. The summed E-state index contributed by atoms with van der Waals surface area (Å²) in [6.45, 7) is 7.66. The minimum atomic E-state index is -3.64. The van der Waals surface area contributed by atoms with Gasteiger partial charge in [0.25, 0.3) is 0 Å². The molecule has 0 aromatic heterocycles. The Morgan fingerprint density at radius 1 is 1.18 bits per heavy atom. The van der Waals surface area contributed by atoms with Crippen molar-refractivity contribution in [2.45, 2.75) is 44.4 Å². The Morgan fingerprint density at radius 2 is 1.86 bits per heavy atom. The SMILES string of the molecule is CCOc1ccc(NC(=O)CN2CCC(C)CC2)cc1S(=O)(=O)N1CCCC1. The molecule has 156 valence electrons. The van der Waals surface area contributed by atoms with Crippen molar-refractivity contribution in [3.63, 3.8) is 0 Å². The van der Waals surface area contributed by atoms with Crippen LogP contribution in [0.3, 0.4) is 0 Å². The van der Waals surface area contributed by atoms with Crippen LogP contribution >= 0.6 is 0 Å². The highest BCUT2D eigenvalue weighted by molar-refractivity contribution is 7.89. The number of ether oxygens (including phenoxy) is 1. The Kier molecular flexibility index (Phi) is 6.95. The molecule has 8 heteroatoms. The molecule has 2 saturated heterocycles. The monoisotopic (exact) mass is 409 g/mol. The van der Waals surface area contributed by atoms with Crippen LogP contribution in [-0.4, -0.2) is 62.9 Å². The van der Waals surface area contributed by atoms with E-state index in [1.807, 2.05) is 6.92 Å². The molecule has 28 heavy (non-hydrogen) atoms. The Balaban J connectivity index is 1.74. The van der Waals surface area contributed by atoms with E-state index in [0.29, 0.717) is 43.6 Å². The topological polar surface area (TPSA) is 79.0 Å². The third-order valence-corrected chi connectivity index (χ3v) is 7.37. The number of hydrogen-bond acceptors (Lipinski definition) is 5. The number of carbonyl (C=O) groups excluding carboxylic acids is 1. The number of hydrogen-bond donors (Lipinski definition) is 1. The van der Waals surface area contributed by atoms with Crippen LogP contribution in [0.15, 0.2) is 23.1 Å². The van der Waals surface area contributed by atoms with E-state index < -0.39 is 10.0 Å². The molecule has 0 radical (unpaired) electrons. The summed E-state index contributed by atoms with van der Waals surface area (Å²) in [6, 6.07) is 4.85. The van der Waals surface area contributed by atoms with Crippen molar-refractivity contribution >= 4 is 21.6 Å². The molecule has 2 heterocycles. The highest BCUT2D eigenvalue weighted by atomic mass is 32.2. The summed E-state index contributed by atoms with van der Waals surface area (Å²) < 4.78 is 33.1. The van der Waals surface area contributed by atoms with Crippen molar-refractivity contribution in [3.8, 4) is 5.75 Å². The molecular formula is C20H31N3O4S. The van der Waals surface area contributed by atoms with Crippen LogP contribution in [0.1, 0.15) is 39.5 Å². The van der Waals surface area contributed by atoms with Gasteiger partial charge in [-0.15, -0.1) is 0 Å². The fourth-order valence-corrected chi connectivity index (χ4v) is 5.43. The van der Waals surface area contributed by atoms with Crippen LogP contribution in [0.2, 0.25) is 0 Å². The van der Waals surface area contributed by atoms with E-state index >= 15 is 0 Å². The highest BCUT2D eigenvalue weighted by Crippen LogP contribution is 2.31. The molecule has 0 saturated carbocycles. The number of rotatable bonds is 7. The highest BCUT2D eigenvalue weighted by Gasteiger charge is 2.30. The summed E-state index contributed by atoms with van der Waals surface area (Å²) in [6.07, 6.45) is 3.95. The maximum atomic E-state index is 13.0. The summed E-state index contributed by atoms with van der Waals surface area (Å²) >= 11 is 0. The van der Waals surface area contributed by atoms with Crippen molar-refractivity contribution in [2.75, 3.05) is 44.6 Å². The number of benzene rings is 1. The number of nitrogens with one attached hydrogen (secondary N) is 1. The van der Waals surface area contributed by atoms with Crippen molar-refractivity contribution in [2.24, 2.45) is 5.92 Å². The second-order valence-electron chi connectivity index (χ2n) is 7.71. The molecule has 1 aromatic rings. The number of amides is 1.